The highest BCUT2D eigenvalue weighted by Crippen LogP contribution is 2.76. The standard InChI is InChI=1S/C30H48O6/c1-17-9-12-30(24(34)35)14-13-27(4)18(22(30)29(17,6)36)7-8-21-25(2)15-19(32)23(33)26(3,16-31)20(25)10-11-28(21,27)5/h7,17,19-23,31-33,36H,8-16H2,1-6H3,(H,34,35)/t17-,19+,20-,21+,22-,23+,25+,26+,27-,28+,29+,30+/m1/s1. The van der Waals surface area contributed by atoms with Crippen LogP contribution in [0.2, 0.25) is 0 Å². The van der Waals surface area contributed by atoms with E-state index in [1.165, 1.54) is 0 Å². The summed E-state index contributed by atoms with van der Waals surface area (Å²) in [7, 11) is 0. The number of aliphatic hydroxyl groups is 4. The van der Waals surface area contributed by atoms with E-state index < -0.39 is 40.5 Å². The molecular formula is C30H48O6. The van der Waals surface area contributed by atoms with Crippen molar-refractivity contribution in [3.05, 3.63) is 11.6 Å². The van der Waals surface area contributed by atoms with E-state index in [0.29, 0.717) is 19.3 Å². The number of rotatable bonds is 2. The third kappa shape index (κ3) is 2.91. The average molecular weight is 505 g/mol. The van der Waals surface area contributed by atoms with Crippen LogP contribution < -0.4 is 0 Å². The minimum Gasteiger partial charge on any atom is -0.481 e. The fraction of sp³-hybridized carbons (Fsp3) is 0.900. The van der Waals surface area contributed by atoms with Crippen molar-refractivity contribution in [2.45, 2.75) is 111 Å². The molecule has 4 fully saturated rings. The van der Waals surface area contributed by atoms with Gasteiger partial charge in [-0.2, -0.15) is 0 Å². The minimum atomic E-state index is -1.09. The van der Waals surface area contributed by atoms with Crippen LogP contribution in [0.1, 0.15) is 92.9 Å². The lowest BCUT2D eigenvalue weighted by molar-refractivity contribution is -0.247. The van der Waals surface area contributed by atoms with Gasteiger partial charge in [0.15, 0.2) is 0 Å². The Morgan fingerprint density at radius 1 is 1.00 bits per heavy atom. The van der Waals surface area contributed by atoms with Crippen molar-refractivity contribution in [2.75, 3.05) is 6.61 Å². The summed E-state index contributed by atoms with van der Waals surface area (Å²) in [6.45, 7) is 12.6. The van der Waals surface area contributed by atoms with Crippen LogP contribution in [0, 0.1) is 50.7 Å². The molecule has 4 saturated carbocycles. The van der Waals surface area contributed by atoms with Crippen molar-refractivity contribution in [3.63, 3.8) is 0 Å². The topological polar surface area (TPSA) is 118 Å². The third-order valence-electron chi connectivity index (χ3n) is 13.6. The monoisotopic (exact) mass is 504 g/mol. The van der Waals surface area contributed by atoms with Gasteiger partial charge in [-0.15, -0.1) is 0 Å². The van der Waals surface area contributed by atoms with E-state index in [0.717, 1.165) is 37.7 Å². The van der Waals surface area contributed by atoms with Gasteiger partial charge in [0, 0.05) is 11.3 Å². The molecule has 5 N–H and O–H groups in total. The van der Waals surface area contributed by atoms with Crippen molar-refractivity contribution < 1.29 is 30.3 Å². The number of aliphatic hydroxyl groups excluding tert-OH is 3. The van der Waals surface area contributed by atoms with Crippen LogP contribution in [0.3, 0.4) is 0 Å². The Balaban J connectivity index is 1.65. The highest BCUT2D eigenvalue weighted by atomic mass is 16.4. The SMILES string of the molecule is C[C@@H]1CC[C@]2(C(=O)O)CC[C@]3(C)C(=CC[C@H]4[C@@]5(C)C[C@H](O)[C@H](O)[C@@](C)(CO)[C@@H]5CC[C@@]43C)[C@@H]2[C@@]1(C)O. The summed E-state index contributed by atoms with van der Waals surface area (Å²) in [4.78, 5) is 12.8. The first-order valence-corrected chi connectivity index (χ1v) is 14.2. The molecule has 5 aliphatic rings. The van der Waals surface area contributed by atoms with Crippen molar-refractivity contribution in [2.24, 2.45) is 50.7 Å². The number of fused-ring (bicyclic) bond motifs is 7. The van der Waals surface area contributed by atoms with Gasteiger partial charge in [0.25, 0.3) is 0 Å². The largest absolute Gasteiger partial charge is 0.481 e. The van der Waals surface area contributed by atoms with Gasteiger partial charge in [0.05, 0.1) is 29.8 Å². The number of aliphatic carboxylic acids is 1. The molecule has 6 nitrogen and oxygen atoms in total. The number of hydrogen-bond donors (Lipinski definition) is 5. The smallest absolute Gasteiger partial charge is 0.310 e. The Bertz CT molecular complexity index is 974. The lowest BCUT2D eigenvalue weighted by Gasteiger charge is -2.72. The van der Waals surface area contributed by atoms with Gasteiger partial charge in [-0.25, -0.2) is 0 Å². The van der Waals surface area contributed by atoms with Crippen LogP contribution in [0.25, 0.3) is 0 Å². The van der Waals surface area contributed by atoms with E-state index in [-0.39, 0.29) is 40.6 Å². The number of carboxylic acid groups (broad SMARTS) is 1. The molecule has 0 saturated heterocycles. The zero-order valence-electron chi connectivity index (χ0n) is 23.0. The van der Waals surface area contributed by atoms with E-state index in [2.05, 4.69) is 33.8 Å². The van der Waals surface area contributed by atoms with Crippen LogP contribution >= 0.6 is 0 Å². The number of carboxylic acids is 1. The Morgan fingerprint density at radius 2 is 1.67 bits per heavy atom. The Labute approximate surface area is 216 Å². The van der Waals surface area contributed by atoms with Crippen LogP contribution in [-0.2, 0) is 4.79 Å². The summed E-state index contributed by atoms with van der Waals surface area (Å²) in [5, 5.41) is 54.8. The second-order valence-electron chi connectivity index (χ2n) is 14.7. The zero-order valence-corrected chi connectivity index (χ0v) is 23.0. The van der Waals surface area contributed by atoms with Crippen molar-refractivity contribution in [3.8, 4) is 0 Å². The average Bonchev–Trinajstić information content (AvgIpc) is 2.80. The number of hydrogen-bond acceptors (Lipinski definition) is 5. The van der Waals surface area contributed by atoms with Crippen molar-refractivity contribution in [1.82, 2.24) is 0 Å². The van der Waals surface area contributed by atoms with Crippen LogP contribution in [0.5, 0.6) is 0 Å². The fourth-order valence-corrected chi connectivity index (χ4v) is 11.0. The molecule has 0 aromatic carbocycles. The molecule has 0 bridgehead atoms. The molecule has 0 spiro atoms. The Kier molecular flexibility index (Phi) is 5.77. The molecular weight excluding hydrogens is 456 g/mol. The predicted octanol–water partition coefficient (Wildman–Crippen LogP) is 4.15. The number of carbonyl (C=O) groups is 1. The van der Waals surface area contributed by atoms with Crippen LogP contribution in [0.15, 0.2) is 11.6 Å². The van der Waals surface area contributed by atoms with Crippen LogP contribution in [0.4, 0.5) is 0 Å². The summed E-state index contributed by atoms with van der Waals surface area (Å²) >= 11 is 0. The van der Waals surface area contributed by atoms with E-state index in [4.69, 9.17) is 0 Å². The molecule has 36 heavy (non-hydrogen) atoms. The first kappa shape index (κ1) is 26.6. The minimum absolute atomic E-state index is 0.0252. The molecule has 6 heteroatoms. The van der Waals surface area contributed by atoms with Gasteiger partial charge in [0.2, 0.25) is 0 Å². The van der Waals surface area contributed by atoms with Gasteiger partial charge >= 0.3 is 5.97 Å². The quantitative estimate of drug-likeness (QED) is 0.361. The fourth-order valence-electron chi connectivity index (χ4n) is 11.0. The van der Waals surface area contributed by atoms with E-state index >= 15 is 0 Å². The van der Waals surface area contributed by atoms with E-state index in [1.54, 1.807) is 0 Å². The molecule has 0 radical (unpaired) electrons. The molecule has 0 aliphatic heterocycles. The number of allylic oxidation sites excluding steroid dienone is 1. The predicted molar refractivity (Wildman–Crippen MR) is 137 cm³/mol. The lowest BCUT2D eigenvalue weighted by atomic mass is 9.33. The van der Waals surface area contributed by atoms with Crippen LogP contribution in [-0.4, -0.2) is 55.9 Å². The molecule has 0 amide bonds. The Morgan fingerprint density at radius 3 is 2.28 bits per heavy atom. The summed E-state index contributed by atoms with van der Waals surface area (Å²) in [6.07, 6.45) is 6.20. The first-order chi connectivity index (χ1) is 16.6. The van der Waals surface area contributed by atoms with Gasteiger partial charge in [-0.1, -0.05) is 46.3 Å². The molecule has 0 aromatic heterocycles. The molecule has 5 aliphatic carbocycles. The zero-order chi connectivity index (χ0) is 26.7. The maximum Gasteiger partial charge on any atom is 0.310 e. The summed E-state index contributed by atoms with van der Waals surface area (Å²) in [5.41, 5.74) is -2.28. The second-order valence-corrected chi connectivity index (χ2v) is 14.7. The summed E-state index contributed by atoms with van der Waals surface area (Å²) < 4.78 is 0. The maximum absolute atomic E-state index is 12.8. The third-order valence-corrected chi connectivity index (χ3v) is 13.6. The van der Waals surface area contributed by atoms with Gasteiger partial charge in [-0.05, 0) is 92.3 Å². The maximum atomic E-state index is 12.8. The van der Waals surface area contributed by atoms with Gasteiger partial charge < -0.3 is 25.5 Å². The van der Waals surface area contributed by atoms with Crippen molar-refractivity contribution in [1.29, 1.82) is 0 Å². The second kappa shape index (κ2) is 7.80. The highest BCUT2D eigenvalue weighted by Gasteiger charge is 2.72. The molecule has 204 valence electrons. The van der Waals surface area contributed by atoms with E-state index in [1.807, 2.05) is 13.8 Å². The molecule has 0 heterocycles. The highest BCUT2D eigenvalue weighted by molar-refractivity contribution is 5.77. The van der Waals surface area contributed by atoms with E-state index in [9.17, 15) is 30.3 Å². The molecule has 0 unspecified atom stereocenters. The molecule has 5 rings (SSSR count). The summed E-state index contributed by atoms with van der Waals surface area (Å²) in [6, 6.07) is 0. The Hall–Kier alpha value is -0.950. The lowest BCUT2D eigenvalue weighted by Crippen LogP contribution is -2.69. The van der Waals surface area contributed by atoms with Gasteiger partial charge in [0.1, 0.15) is 0 Å². The molecule has 12 atom stereocenters. The first-order valence-electron chi connectivity index (χ1n) is 14.2. The molecule has 0 aromatic rings. The van der Waals surface area contributed by atoms with Gasteiger partial charge in [-0.3, -0.25) is 4.79 Å². The summed E-state index contributed by atoms with van der Waals surface area (Å²) in [5.74, 6) is -0.834. The normalized spacial score (nSPS) is 58.6. The van der Waals surface area contributed by atoms with Crippen molar-refractivity contribution >= 4 is 5.97 Å².